The van der Waals surface area contributed by atoms with Crippen LogP contribution in [-0.2, 0) is 17.9 Å². The zero-order valence-corrected chi connectivity index (χ0v) is 15.3. The summed E-state index contributed by atoms with van der Waals surface area (Å²) in [6, 6.07) is 1.08. The van der Waals surface area contributed by atoms with E-state index in [1.165, 1.54) is 6.20 Å². The fourth-order valence-electron chi connectivity index (χ4n) is 3.33. The van der Waals surface area contributed by atoms with Crippen molar-refractivity contribution in [2.24, 2.45) is 5.92 Å². The summed E-state index contributed by atoms with van der Waals surface area (Å²) in [6.07, 6.45) is 4.84. The van der Waals surface area contributed by atoms with Crippen molar-refractivity contribution in [2.75, 3.05) is 0 Å². The first kappa shape index (κ1) is 19.0. The van der Waals surface area contributed by atoms with Crippen LogP contribution < -0.4 is 10.6 Å². The monoisotopic (exact) mass is 375 g/mol. The SMILES string of the molecule is CCCn1cnnc1CNC(=O)[C@H]1CC[C@@H](O)[C@H](NC(=O)c2ccn[nH]2)C1. The zero-order valence-electron chi connectivity index (χ0n) is 15.3. The molecular formula is C17H25N7O3. The van der Waals surface area contributed by atoms with E-state index < -0.39 is 12.1 Å². The van der Waals surface area contributed by atoms with Crippen LogP contribution in [0.5, 0.6) is 0 Å². The van der Waals surface area contributed by atoms with Gasteiger partial charge in [-0.2, -0.15) is 5.10 Å². The molecule has 4 N–H and O–H groups in total. The highest BCUT2D eigenvalue weighted by Gasteiger charge is 2.34. The number of rotatable bonds is 7. The first-order chi connectivity index (χ1) is 13.1. The van der Waals surface area contributed by atoms with E-state index in [0.717, 1.165) is 13.0 Å². The number of hydrogen-bond donors (Lipinski definition) is 4. The molecule has 27 heavy (non-hydrogen) atoms. The van der Waals surface area contributed by atoms with Crippen LogP contribution in [0.1, 0.15) is 48.9 Å². The van der Waals surface area contributed by atoms with Crippen LogP contribution in [-0.4, -0.2) is 54.0 Å². The second-order valence-electron chi connectivity index (χ2n) is 6.79. The molecule has 1 saturated carbocycles. The number of aliphatic hydroxyl groups is 1. The molecule has 10 nitrogen and oxygen atoms in total. The normalized spacial score (nSPS) is 22.4. The summed E-state index contributed by atoms with van der Waals surface area (Å²) < 4.78 is 1.92. The molecule has 0 bridgehead atoms. The van der Waals surface area contributed by atoms with Crippen molar-refractivity contribution < 1.29 is 14.7 Å². The summed E-state index contributed by atoms with van der Waals surface area (Å²) in [6.45, 7) is 3.17. The lowest BCUT2D eigenvalue weighted by Gasteiger charge is -2.33. The van der Waals surface area contributed by atoms with Gasteiger partial charge in [-0.05, 0) is 31.7 Å². The van der Waals surface area contributed by atoms with Crippen molar-refractivity contribution in [3.05, 3.63) is 30.1 Å². The summed E-state index contributed by atoms with van der Waals surface area (Å²) in [5.41, 5.74) is 0.323. The second kappa shape index (κ2) is 8.76. The number of aromatic nitrogens is 5. The summed E-state index contributed by atoms with van der Waals surface area (Å²) in [7, 11) is 0. The Morgan fingerprint density at radius 2 is 2.26 bits per heavy atom. The Labute approximate surface area is 156 Å². The number of nitrogens with one attached hydrogen (secondary N) is 3. The maximum atomic E-state index is 12.6. The van der Waals surface area contributed by atoms with Crippen LogP contribution in [0.2, 0.25) is 0 Å². The minimum atomic E-state index is -0.673. The molecular weight excluding hydrogens is 350 g/mol. The molecule has 2 heterocycles. The van der Waals surface area contributed by atoms with Crippen molar-refractivity contribution in [1.29, 1.82) is 0 Å². The van der Waals surface area contributed by atoms with E-state index in [1.807, 2.05) is 4.57 Å². The fraction of sp³-hybridized carbons (Fsp3) is 0.588. The topological polar surface area (TPSA) is 138 Å². The summed E-state index contributed by atoms with van der Waals surface area (Å²) >= 11 is 0. The molecule has 3 atom stereocenters. The van der Waals surface area contributed by atoms with Gasteiger partial charge >= 0.3 is 0 Å². The highest BCUT2D eigenvalue weighted by molar-refractivity contribution is 5.92. The van der Waals surface area contributed by atoms with E-state index in [9.17, 15) is 14.7 Å². The maximum Gasteiger partial charge on any atom is 0.269 e. The molecule has 3 rings (SSSR count). The molecule has 1 fully saturated rings. The number of carbonyl (C=O) groups excluding carboxylic acids is 2. The molecule has 0 unspecified atom stereocenters. The summed E-state index contributed by atoms with van der Waals surface area (Å²) in [5, 5.41) is 30.1. The Kier molecular flexibility index (Phi) is 6.17. The Bertz CT molecular complexity index is 758. The van der Waals surface area contributed by atoms with Gasteiger partial charge in [0.05, 0.1) is 18.7 Å². The average molecular weight is 375 g/mol. The molecule has 0 radical (unpaired) electrons. The molecule has 2 amide bonds. The lowest BCUT2D eigenvalue weighted by molar-refractivity contribution is -0.127. The van der Waals surface area contributed by atoms with E-state index in [4.69, 9.17) is 0 Å². The fourth-order valence-corrected chi connectivity index (χ4v) is 3.33. The summed E-state index contributed by atoms with van der Waals surface area (Å²) in [4.78, 5) is 24.7. The van der Waals surface area contributed by atoms with Gasteiger partial charge in [-0.1, -0.05) is 6.92 Å². The van der Waals surface area contributed by atoms with Crippen LogP contribution in [0.25, 0.3) is 0 Å². The van der Waals surface area contributed by atoms with Crippen LogP contribution in [0.15, 0.2) is 18.6 Å². The second-order valence-corrected chi connectivity index (χ2v) is 6.79. The number of aryl methyl sites for hydroxylation is 1. The first-order valence-corrected chi connectivity index (χ1v) is 9.21. The number of carbonyl (C=O) groups is 2. The highest BCUT2D eigenvalue weighted by atomic mass is 16.3. The number of H-pyrrole nitrogens is 1. The zero-order chi connectivity index (χ0) is 19.2. The van der Waals surface area contributed by atoms with Crippen molar-refractivity contribution >= 4 is 11.8 Å². The van der Waals surface area contributed by atoms with Crippen molar-refractivity contribution in [1.82, 2.24) is 35.6 Å². The number of aliphatic hydroxyl groups excluding tert-OH is 1. The minimum Gasteiger partial charge on any atom is -0.391 e. The van der Waals surface area contributed by atoms with Crippen molar-refractivity contribution in [3.8, 4) is 0 Å². The van der Waals surface area contributed by atoms with E-state index in [1.54, 1.807) is 12.4 Å². The Balaban J connectivity index is 1.54. The van der Waals surface area contributed by atoms with Gasteiger partial charge in [0.1, 0.15) is 12.0 Å². The van der Waals surface area contributed by atoms with Crippen LogP contribution in [0.3, 0.4) is 0 Å². The Hall–Kier alpha value is -2.75. The van der Waals surface area contributed by atoms with Crippen LogP contribution in [0, 0.1) is 5.92 Å². The maximum absolute atomic E-state index is 12.6. The van der Waals surface area contributed by atoms with Crippen molar-refractivity contribution in [2.45, 2.75) is 57.8 Å². The quantitative estimate of drug-likeness (QED) is 0.537. The van der Waals surface area contributed by atoms with E-state index in [-0.39, 0.29) is 17.7 Å². The average Bonchev–Trinajstić information content (AvgIpc) is 3.34. The number of hydrogen-bond acceptors (Lipinski definition) is 6. The van der Waals surface area contributed by atoms with Gasteiger partial charge in [0.15, 0.2) is 5.82 Å². The molecule has 2 aromatic heterocycles. The Morgan fingerprint density at radius 3 is 3.00 bits per heavy atom. The molecule has 146 valence electrons. The summed E-state index contributed by atoms with van der Waals surface area (Å²) in [5.74, 6) is -0.00725. The predicted octanol–water partition coefficient (Wildman–Crippen LogP) is -0.0130. The molecule has 2 aromatic rings. The van der Waals surface area contributed by atoms with Gasteiger partial charge in [-0.25, -0.2) is 0 Å². The van der Waals surface area contributed by atoms with Gasteiger partial charge in [-0.15, -0.1) is 10.2 Å². The lowest BCUT2D eigenvalue weighted by Crippen LogP contribution is -2.49. The third kappa shape index (κ3) is 4.70. The molecule has 1 aliphatic rings. The Morgan fingerprint density at radius 1 is 1.41 bits per heavy atom. The standard InChI is InChI=1S/C17H25N7O3/c1-2-7-24-10-20-23-15(24)9-18-16(26)11-3-4-14(25)13(8-11)21-17(27)12-5-6-19-22-12/h5-6,10-11,13-14,25H,2-4,7-9H2,1H3,(H,18,26)(H,19,22)(H,21,27)/t11-,13+,14+/m0/s1. The number of nitrogens with zero attached hydrogens (tertiary/aromatic N) is 4. The molecule has 0 saturated heterocycles. The molecule has 0 aliphatic heterocycles. The van der Waals surface area contributed by atoms with Gasteiger partial charge in [0.2, 0.25) is 5.91 Å². The largest absolute Gasteiger partial charge is 0.391 e. The third-order valence-electron chi connectivity index (χ3n) is 4.83. The number of aromatic amines is 1. The van der Waals surface area contributed by atoms with Gasteiger partial charge in [0.25, 0.3) is 5.91 Å². The van der Waals surface area contributed by atoms with E-state index in [0.29, 0.717) is 37.3 Å². The van der Waals surface area contributed by atoms with Crippen molar-refractivity contribution in [3.63, 3.8) is 0 Å². The van der Waals surface area contributed by atoms with Gasteiger partial charge < -0.3 is 20.3 Å². The number of amides is 2. The molecule has 1 aliphatic carbocycles. The minimum absolute atomic E-state index is 0.103. The smallest absolute Gasteiger partial charge is 0.269 e. The molecule has 0 aromatic carbocycles. The van der Waals surface area contributed by atoms with Crippen LogP contribution >= 0.6 is 0 Å². The lowest BCUT2D eigenvalue weighted by atomic mass is 9.83. The third-order valence-corrected chi connectivity index (χ3v) is 4.83. The predicted molar refractivity (Wildman–Crippen MR) is 95.3 cm³/mol. The molecule has 10 heteroatoms. The highest BCUT2D eigenvalue weighted by Crippen LogP contribution is 2.25. The van der Waals surface area contributed by atoms with Gasteiger partial charge in [0, 0.05) is 18.7 Å². The first-order valence-electron chi connectivity index (χ1n) is 9.21. The van der Waals surface area contributed by atoms with E-state index >= 15 is 0 Å². The van der Waals surface area contributed by atoms with E-state index in [2.05, 4.69) is 38.0 Å². The molecule has 0 spiro atoms. The van der Waals surface area contributed by atoms with Crippen LogP contribution in [0.4, 0.5) is 0 Å². The van der Waals surface area contributed by atoms with Gasteiger partial charge in [-0.3, -0.25) is 14.7 Å².